The largest absolute Gasteiger partial charge is 0.508 e. The first kappa shape index (κ1) is 11.6. The number of aromatic hydroxyl groups is 2. The van der Waals surface area contributed by atoms with Gasteiger partial charge in [0.15, 0.2) is 5.78 Å². The molecular weight excluding hydrogens is 192 g/mol. The maximum atomic E-state index is 11.9. The number of Topliss-reactive ketones (excluding diaryl/α,β-unsaturated/α-hetero) is 1. The average molecular weight is 207 g/mol. The van der Waals surface area contributed by atoms with Crippen molar-refractivity contribution in [3.05, 3.63) is 29.7 Å². The highest BCUT2D eigenvalue weighted by atomic mass is 16.3. The van der Waals surface area contributed by atoms with Crippen LogP contribution in [-0.4, -0.2) is 16.0 Å². The predicted molar refractivity (Wildman–Crippen MR) is 57.9 cm³/mol. The summed E-state index contributed by atoms with van der Waals surface area (Å²) in [7, 11) is 0. The van der Waals surface area contributed by atoms with Gasteiger partial charge in [0.1, 0.15) is 11.5 Å². The molecule has 0 aliphatic heterocycles. The van der Waals surface area contributed by atoms with Crippen LogP contribution in [0, 0.1) is 11.8 Å². The lowest BCUT2D eigenvalue weighted by molar-refractivity contribution is 0.0935. The van der Waals surface area contributed by atoms with Crippen LogP contribution in [0.3, 0.4) is 0 Å². The molecule has 0 aliphatic carbocycles. The molecule has 1 aromatic rings. The first-order valence-corrected chi connectivity index (χ1v) is 4.79. The molecule has 1 aromatic carbocycles. The van der Waals surface area contributed by atoms with Crippen LogP contribution in [0.1, 0.15) is 31.1 Å². The molecule has 15 heavy (non-hydrogen) atoms. The van der Waals surface area contributed by atoms with Crippen LogP contribution < -0.4 is 0 Å². The summed E-state index contributed by atoms with van der Waals surface area (Å²) in [6, 6.07) is 3.96. The zero-order valence-corrected chi connectivity index (χ0v) is 9.11. The Balaban J connectivity index is 3.05. The highest BCUT2D eigenvalue weighted by Gasteiger charge is 2.21. The van der Waals surface area contributed by atoms with Crippen molar-refractivity contribution in [2.75, 3.05) is 0 Å². The molecule has 2 N–H and O–H groups in total. The average Bonchev–Trinajstić information content (AvgIpc) is 2.19. The molecule has 0 heterocycles. The zero-order chi connectivity index (χ0) is 11.6. The van der Waals surface area contributed by atoms with Gasteiger partial charge in [-0.2, -0.15) is 0 Å². The van der Waals surface area contributed by atoms with E-state index in [0.29, 0.717) is 0 Å². The van der Waals surface area contributed by atoms with Crippen molar-refractivity contribution >= 4 is 5.78 Å². The molecule has 1 rings (SSSR count). The molecule has 0 amide bonds. The Morgan fingerprint density at radius 3 is 2.40 bits per heavy atom. The molecule has 0 fully saturated rings. The van der Waals surface area contributed by atoms with E-state index in [2.05, 4.69) is 0 Å². The molecule has 0 aromatic heterocycles. The number of hydrogen-bond acceptors (Lipinski definition) is 3. The van der Waals surface area contributed by atoms with E-state index in [1.807, 2.05) is 13.8 Å². The highest BCUT2D eigenvalue weighted by Crippen LogP contribution is 2.27. The third-order valence-electron chi connectivity index (χ3n) is 2.50. The summed E-state index contributed by atoms with van der Waals surface area (Å²) in [5, 5.41) is 18.7. The van der Waals surface area contributed by atoms with Crippen LogP contribution in [0.5, 0.6) is 11.5 Å². The summed E-state index contributed by atoms with van der Waals surface area (Å²) >= 11 is 0. The van der Waals surface area contributed by atoms with E-state index in [1.165, 1.54) is 18.2 Å². The van der Waals surface area contributed by atoms with Gasteiger partial charge in [-0.1, -0.05) is 20.8 Å². The summed E-state index contributed by atoms with van der Waals surface area (Å²) in [6.45, 7) is 5.51. The molecule has 3 heteroatoms. The maximum Gasteiger partial charge on any atom is 0.170 e. The Labute approximate surface area is 89.4 Å². The quantitative estimate of drug-likeness (QED) is 0.591. The molecule has 0 spiro atoms. The van der Waals surface area contributed by atoms with Gasteiger partial charge in [-0.05, 0) is 24.1 Å². The lowest BCUT2D eigenvalue weighted by Gasteiger charge is -2.14. The van der Waals surface area contributed by atoms with E-state index in [1.54, 1.807) is 6.92 Å². The van der Waals surface area contributed by atoms with E-state index in [4.69, 9.17) is 0 Å². The van der Waals surface area contributed by atoms with Crippen molar-refractivity contribution in [1.29, 1.82) is 0 Å². The van der Waals surface area contributed by atoms with Gasteiger partial charge in [0.05, 0.1) is 5.56 Å². The normalized spacial score (nSPS) is 12.8. The molecular formula is C12H15O3. The van der Waals surface area contributed by atoms with Gasteiger partial charge in [-0.15, -0.1) is 0 Å². The van der Waals surface area contributed by atoms with Crippen LogP contribution in [0.15, 0.2) is 18.2 Å². The number of hydrogen-bond donors (Lipinski definition) is 2. The Kier molecular flexibility index (Phi) is 3.35. The third-order valence-corrected chi connectivity index (χ3v) is 2.50. The molecule has 0 bridgehead atoms. The van der Waals surface area contributed by atoms with Crippen molar-refractivity contribution in [3.8, 4) is 11.5 Å². The van der Waals surface area contributed by atoms with E-state index >= 15 is 0 Å². The van der Waals surface area contributed by atoms with Crippen molar-refractivity contribution in [1.82, 2.24) is 0 Å². The Morgan fingerprint density at radius 1 is 1.27 bits per heavy atom. The second-order valence-electron chi connectivity index (χ2n) is 3.86. The maximum absolute atomic E-state index is 11.9. The fourth-order valence-corrected chi connectivity index (χ4v) is 1.22. The van der Waals surface area contributed by atoms with Gasteiger partial charge < -0.3 is 10.2 Å². The number of carbonyl (C=O) groups is 1. The zero-order valence-electron chi connectivity index (χ0n) is 9.11. The first-order valence-electron chi connectivity index (χ1n) is 4.79. The Hall–Kier alpha value is -1.51. The van der Waals surface area contributed by atoms with Crippen LogP contribution in [0.25, 0.3) is 0 Å². The van der Waals surface area contributed by atoms with E-state index in [-0.39, 0.29) is 28.8 Å². The second-order valence-corrected chi connectivity index (χ2v) is 3.86. The Morgan fingerprint density at radius 2 is 1.87 bits per heavy atom. The van der Waals surface area contributed by atoms with E-state index in [9.17, 15) is 15.0 Å². The van der Waals surface area contributed by atoms with Crippen molar-refractivity contribution in [2.24, 2.45) is 5.92 Å². The molecule has 0 saturated carbocycles. The van der Waals surface area contributed by atoms with Gasteiger partial charge in [0, 0.05) is 5.92 Å². The number of benzene rings is 1. The molecule has 81 valence electrons. The predicted octanol–water partition coefficient (Wildman–Crippen LogP) is 2.53. The molecule has 0 aliphatic rings. The number of phenols is 2. The summed E-state index contributed by atoms with van der Waals surface area (Å²) in [5.41, 5.74) is 0.170. The topological polar surface area (TPSA) is 57.5 Å². The smallest absolute Gasteiger partial charge is 0.170 e. The van der Waals surface area contributed by atoms with Crippen LogP contribution in [-0.2, 0) is 0 Å². The molecule has 3 nitrogen and oxygen atoms in total. The number of rotatable bonds is 3. The minimum Gasteiger partial charge on any atom is -0.508 e. The summed E-state index contributed by atoms with van der Waals surface area (Å²) in [6.07, 6.45) is 0. The fourth-order valence-electron chi connectivity index (χ4n) is 1.22. The summed E-state index contributed by atoms with van der Waals surface area (Å²) in [4.78, 5) is 11.9. The molecule has 0 saturated heterocycles. The Bertz CT molecular complexity index is 369. The molecule has 1 unspecified atom stereocenters. The molecule has 1 atom stereocenters. The standard InChI is InChI=1S/C12H15O3/c1-7(2)8(3)12(15)10-6-9(13)4-5-11(10)14/h4-6,8,13-14H,1-3H3. The summed E-state index contributed by atoms with van der Waals surface area (Å²) < 4.78 is 0. The van der Waals surface area contributed by atoms with Crippen LogP contribution in [0.4, 0.5) is 0 Å². The van der Waals surface area contributed by atoms with Crippen molar-refractivity contribution in [3.63, 3.8) is 0 Å². The third kappa shape index (κ3) is 2.49. The fraction of sp³-hybridized carbons (Fsp3) is 0.333. The van der Waals surface area contributed by atoms with Gasteiger partial charge in [-0.25, -0.2) is 0 Å². The number of carbonyl (C=O) groups excluding carboxylic acids is 1. The molecule has 1 radical (unpaired) electrons. The summed E-state index contributed by atoms with van der Waals surface area (Å²) in [5.74, 6) is 0.437. The van der Waals surface area contributed by atoms with Gasteiger partial charge in [-0.3, -0.25) is 4.79 Å². The van der Waals surface area contributed by atoms with E-state index < -0.39 is 0 Å². The lowest BCUT2D eigenvalue weighted by Crippen LogP contribution is -2.15. The van der Waals surface area contributed by atoms with E-state index in [0.717, 1.165) is 5.92 Å². The second kappa shape index (κ2) is 4.34. The van der Waals surface area contributed by atoms with Gasteiger partial charge >= 0.3 is 0 Å². The van der Waals surface area contributed by atoms with Crippen LogP contribution >= 0.6 is 0 Å². The minimum absolute atomic E-state index is 0.0166. The SMILES string of the molecule is C[C](C)C(C)C(=O)c1cc(O)ccc1O. The first-order chi connectivity index (χ1) is 6.93. The lowest BCUT2D eigenvalue weighted by atomic mass is 9.89. The van der Waals surface area contributed by atoms with Crippen LogP contribution in [0.2, 0.25) is 0 Å². The number of ketones is 1. The monoisotopic (exact) mass is 207 g/mol. The number of phenolic OH excluding ortho intramolecular Hbond substituents is 2. The van der Waals surface area contributed by atoms with Gasteiger partial charge in [0.25, 0.3) is 0 Å². The highest BCUT2D eigenvalue weighted by molar-refractivity contribution is 6.01. The minimum atomic E-state index is -0.252. The van der Waals surface area contributed by atoms with Crippen molar-refractivity contribution < 1.29 is 15.0 Å². The van der Waals surface area contributed by atoms with Crippen molar-refractivity contribution in [2.45, 2.75) is 20.8 Å². The van der Waals surface area contributed by atoms with Gasteiger partial charge in [0.2, 0.25) is 0 Å².